The molecule has 1 aliphatic rings. The van der Waals surface area contributed by atoms with Gasteiger partial charge in [0.25, 0.3) is 0 Å². The quantitative estimate of drug-likeness (QED) is 0.596. The van der Waals surface area contributed by atoms with Crippen LogP contribution in [0.15, 0.2) is 23.6 Å². The summed E-state index contributed by atoms with van der Waals surface area (Å²) in [5, 5.41) is 8.83. The molecule has 0 aromatic heterocycles. The van der Waals surface area contributed by atoms with E-state index in [1.807, 2.05) is 5.48 Å². The van der Waals surface area contributed by atoms with Crippen LogP contribution in [0.4, 0.5) is 17.6 Å². The predicted octanol–water partition coefficient (Wildman–Crippen LogP) is 3.50. The first-order chi connectivity index (χ1) is 7.88. The smallest absolute Gasteiger partial charge is 0.316 e. The molecule has 17 heavy (non-hydrogen) atoms. The van der Waals surface area contributed by atoms with Gasteiger partial charge in [-0.3, -0.25) is 0 Å². The highest BCUT2D eigenvalue weighted by molar-refractivity contribution is 5.25. The standard InChI is InChI=1S/C11H15F4NO/c1-2-10(16-17)7-3-4-8(11(13,14)15)6-9(12)5-7/h5-6,8,10,16-17H,2-4H2,1H3. The van der Waals surface area contributed by atoms with Crippen LogP contribution in [0.3, 0.4) is 0 Å². The Morgan fingerprint density at radius 3 is 2.65 bits per heavy atom. The number of allylic oxidation sites excluding steroid dienone is 3. The topological polar surface area (TPSA) is 32.3 Å². The van der Waals surface area contributed by atoms with Crippen molar-refractivity contribution in [1.82, 2.24) is 5.48 Å². The first-order valence-electron chi connectivity index (χ1n) is 5.42. The molecule has 0 radical (unpaired) electrons. The Bertz CT molecular complexity index is 318. The molecule has 0 saturated heterocycles. The molecule has 2 atom stereocenters. The van der Waals surface area contributed by atoms with Crippen molar-refractivity contribution in [1.29, 1.82) is 0 Å². The van der Waals surface area contributed by atoms with Crippen LogP contribution in [0.2, 0.25) is 0 Å². The summed E-state index contributed by atoms with van der Waals surface area (Å²) < 4.78 is 50.7. The van der Waals surface area contributed by atoms with Crippen LogP contribution in [0.5, 0.6) is 0 Å². The Balaban J connectivity index is 2.84. The maximum Gasteiger partial charge on any atom is 0.395 e. The molecule has 0 bridgehead atoms. The van der Waals surface area contributed by atoms with Gasteiger partial charge in [0.1, 0.15) is 5.83 Å². The summed E-state index contributed by atoms with van der Waals surface area (Å²) in [4.78, 5) is 0. The summed E-state index contributed by atoms with van der Waals surface area (Å²) in [6.45, 7) is 1.75. The van der Waals surface area contributed by atoms with Crippen LogP contribution < -0.4 is 5.48 Å². The molecule has 0 aromatic rings. The fraction of sp³-hybridized carbons (Fsp3) is 0.636. The molecule has 0 spiro atoms. The van der Waals surface area contributed by atoms with Gasteiger partial charge in [0.05, 0.1) is 12.0 Å². The summed E-state index contributed by atoms with van der Waals surface area (Å²) >= 11 is 0. The lowest BCUT2D eigenvalue weighted by molar-refractivity contribution is -0.162. The lowest BCUT2D eigenvalue weighted by Crippen LogP contribution is -2.27. The summed E-state index contributed by atoms with van der Waals surface area (Å²) in [7, 11) is 0. The number of rotatable bonds is 3. The molecule has 6 heteroatoms. The van der Waals surface area contributed by atoms with Gasteiger partial charge >= 0.3 is 6.18 Å². The zero-order valence-electron chi connectivity index (χ0n) is 9.39. The third-order valence-corrected chi connectivity index (χ3v) is 2.86. The SMILES string of the molecule is CCC(NO)C1=CC(F)=CC(C(F)(F)F)CC1. The zero-order valence-corrected chi connectivity index (χ0v) is 9.39. The summed E-state index contributed by atoms with van der Waals surface area (Å²) in [5.74, 6) is -2.65. The summed E-state index contributed by atoms with van der Waals surface area (Å²) in [6, 6.07) is -0.499. The van der Waals surface area contributed by atoms with Crippen LogP contribution in [0.1, 0.15) is 26.2 Å². The zero-order chi connectivity index (χ0) is 13.1. The van der Waals surface area contributed by atoms with Gasteiger partial charge in [-0.05, 0) is 37.0 Å². The molecule has 0 heterocycles. The minimum absolute atomic E-state index is 0.111. The normalized spacial score (nSPS) is 23.8. The summed E-state index contributed by atoms with van der Waals surface area (Å²) in [5.41, 5.74) is 2.43. The molecule has 0 aromatic carbocycles. The van der Waals surface area contributed by atoms with E-state index in [0.717, 1.165) is 6.08 Å². The lowest BCUT2D eigenvalue weighted by atomic mass is 9.96. The van der Waals surface area contributed by atoms with Crippen molar-refractivity contribution in [3.8, 4) is 0 Å². The van der Waals surface area contributed by atoms with Crippen molar-refractivity contribution in [3.05, 3.63) is 23.6 Å². The second-order valence-electron chi connectivity index (χ2n) is 4.05. The van der Waals surface area contributed by atoms with Crippen LogP contribution in [0, 0.1) is 5.92 Å². The Kier molecular flexibility index (Phi) is 4.70. The van der Waals surface area contributed by atoms with E-state index >= 15 is 0 Å². The number of hydroxylamine groups is 1. The molecule has 0 amide bonds. The molecule has 0 aliphatic heterocycles. The number of nitrogens with one attached hydrogen (secondary N) is 1. The van der Waals surface area contributed by atoms with Gasteiger partial charge in [0, 0.05) is 0 Å². The molecule has 0 fully saturated rings. The third kappa shape index (κ3) is 3.81. The first-order valence-corrected chi connectivity index (χ1v) is 5.42. The van der Waals surface area contributed by atoms with Crippen molar-refractivity contribution in [2.75, 3.05) is 0 Å². The van der Waals surface area contributed by atoms with E-state index in [-0.39, 0.29) is 12.8 Å². The molecule has 2 N–H and O–H groups in total. The Morgan fingerprint density at radius 2 is 2.18 bits per heavy atom. The highest BCUT2D eigenvalue weighted by Gasteiger charge is 2.39. The van der Waals surface area contributed by atoms with Crippen molar-refractivity contribution in [2.45, 2.75) is 38.4 Å². The van der Waals surface area contributed by atoms with E-state index in [1.54, 1.807) is 6.92 Å². The average molecular weight is 253 g/mol. The molecule has 2 nitrogen and oxygen atoms in total. The molecular formula is C11H15F4NO. The highest BCUT2D eigenvalue weighted by atomic mass is 19.4. The van der Waals surface area contributed by atoms with E-state index in [2.05, 4.69) is 0 Å². The van der Waals surface area contributed by atoms with E-state index in [0.29, 0.717) is 18.1 Å². The Labute approximate surface area is 97.0 Å². The van der Waals surface area contributed by atoms with Gasteiger partial charge in [-0.2, -0.15) is 18.7 Å². The second-order valence-corrected chi connectivity index (χ2v) is 4.05. The number of halogens is 4. The predicted molar refractivity (Wildman–Crippen MR) is 55.1 cm³/mol. The number of alkyl halides is 3. The summed E-state index contributed by atoms with van der Waals surface area (Å²) in [6.07, 6.45) is -2.36. The van der Waals surface area contributed by atoms with Gasteiger partial charge in [-0.25, -0.2) is 4.39 Å². The second kappa shape index (κ2) is 5.64. The van der Waals surface area contributed by atoms with Crippen molar-refractivity contribution in [2.24, 2.45) is 5.92 Å². The molecule has 98 valence electrons. The van der Waals surface area contributed by atoms with E-state index in [9.17, 15) is 17.6 Å². The van der Waals surface area contributed by atoms with Gasteiger partial charge in [-0.15, -0.1) is 0 Å². The minimum atomic E-state index is -4.42. The molecular weight excluding hydrogens is 238 g/mol. The van der Waals surface area contributed by atoms with Gasteiger partial charge in [0.2, 0.25) is 0 Å². The average Bonchev–Trinajstić information content (AvgIpc) is 2.41. The van der Waals surface area contributed by atoms with Gasteiger partial charge in [0.15, 0.2) is 0 Å². The molecule has 2 unspecified atom stereocenters. The van der Waals surface area contributed by atoms with Crippen molar-refractivity contribution in [3.63, 3.8) is 0 Å². The van der Waals surface area contributed by atoms with Gasteiger partial charge in [-0.1, -0.05) is 6.92 Å². The fourth-order valence-electron chi connectivity index (χ4n) is 1.86. The van der Waals surface area contributed by atoms with Crippen LogP contribution >= 0.6 is 0 Å². The first kappa shape index (κ1) is 14.2. The monoisotopic (exact) mass is 253 g/mol. The minimum Gasteiger partial charge on any atom is -0.316 e. The van der Waals surface area contributed by atoms with E-state index in [1.165, 1.54) is 0 Å². The maximum atomic E-state index is 13.3. The highest BCUT2D eigenvalue weighted by Crippen LogP contribution is 2.35. The van der Waals surface area contributed by atoms with E-state index < -0.39 is 24.0 Å². The van der Waals surface area contributed by atoms with E-state index in [4.69, 9.17) is 5.21 Å². The van der Waals surface area contributed by atoms with Crippen LogP contribution in [0.25, 0.3) is 0 Å². The fourth-order valence-corrected chi connectivity index (χ4v) is 1.86. The van der Waals surface area contributed by atoms with Crippen LogP contribution in [-0.2, 0) is 0 Å². The molecule has 0 saturated carbocycles. The number of hydrogen-bond donors (Lipinski definition) is 2. The largest absolute Gasteiger partial charge is 0.395 e. The van der Waals surface area contributed by atoms with Gasteiger partial charge < -0.3 is 5.21 Å². The van der Waals surface area contributed by atoms with Crippen molar-refractivity contribution < 1.29 is 22.8 Å². The maximum absolute atomic E-state index is 13.3. The lowest BCUT2D eigenvalue weighted by Gasteiger charge is -2.18. The van der Waals surface area contributed by atoms with Crippen molar-refractivity contribution >= 4 is 0 Å². The Hall–Kier alpha value is -0.880. The third-order valence-electron chi connectivity index (χ3n) is 2.86. The Morgan fingerprint density at radius 1 is 1.53 bits per heavy atom. The molecule has 1 aliphatic carbocycles. The molecule has 1 rings (SSSR count). The number of hydrogen-bond acceptors (Lipinski definition) is 2. The van der Waals surface area contributed by atoms with Crippen LogP contribution in [-0.4, -0.2) is 17.4 Å².